The molecular formula is C15H29O8P. The van der Waals surface area contributed by atoms with Gasteiger partial charge in [0, 0.05) is 0 Å². The minimum absolute atomic E-state index is 0.145. The summed E-state index contributed by atoms with van der Waals surface area (Å²) in [5, 5.41) is 10.7. The van der Waals surface area contributed by atoms with Crippen LogP contribution in [0, 0.1) is 0 Å². The fraction of sp³-hybridized carbons (Fsp3) is 1.00. The quantitative estimate of drug-likeness (QED) is 0.684. The number of ether oxygens (including phenoxy) is 4. The Morgan fingerprint density at radius 3 is 2.12 bits per heavy atom. The summed E-state index contributed by atoms with van der Waals surface area (Å²) >= 11 is 0. The zero-order chi connectivity index (χ0) is 18.2. The van der Waals surface area contributed by atoms with Crippen molar-refractivity contribution in [2.24, 2.45) is 0 Å². The summed E-state index contributed by atoms with van der Waals surface area (Å²) in [7, 11) is -3.77. The molecule has 9 heteroatoms. The van der Waals surface area contributed by atoms with Crippen LogP contribution in [0.4, 0.5) is 0 Å². The normalized spacial score (nSPS) is 33.7. The molecule has 2 aliphatic heterocycles. The highest BCUT2D eigenvalue weighted by Gasteiger charge is 2.56. The fourth-order valence-corrected chi connectivity index (χ4v) is 4.63. The summed E-state index contributed by atoms with van der Waals surface area (Å²) in [6.45, 7) is 11.0. The molecule has 1 N–H and O–H groups in total. The van der Waals surface area contributed by atoms with Crippen molar-refractivity contribution in [3.63, 3.8) is 0 Å². The monoisotopic (exact) mass is 368 g/mol. The maximum Gasteiger partial charge on any atom is 0.361 e. The van der Waals surface area contributed by atoms with Gasteiger partial charge < -0.3 is 33.1 Å². The first-order valence-electron chi connectivity index (χ1n) is 8.28. The topological polar surface area (TPSA) is 92.7 Å². The van der Waals surface area contributed by atoms with Gasteiger partial charge in [0.25, 0.3) is 0 Å². The molecule has 0 aromatic rings. The SMILES string of the molecule is CCOP(=O)(OCC)[C@@H](O)[C@H]1OC(C)(C)O[C@@H]1[C@H]1COC(C)(C)O1. The van der Waals surface area contributed by atoms with Crippen LogP contribution in [-0.2, 0) is 32.6 Å². The summed E-state index contributed by atoms with van der Waals surface area (Å²) in [4.78, 5) is 0. The predicted octanol–water partition coefficient (Wildman–Crippen LogP) is 2.24. The van der Waals surface area contributed by atoms with Gasteiger partial charge in [0.2, 0.25) is 0 Å². The van der Waals surface area contributed by atoms with Gasteiger partial charge >= 0.3 is 7.60 Å². The van der Waals surface area contributed by atoms with Crippen LogP contribution in [-0.4, -0.2) is 60.7 Å². The number of hydrogen-bond donors (Lipinski definition) is 1. The number of aliphatic hydroxyl groups is 1. The lowest BCUT2D eigenvalue weighted by Gasteiger charge is -2.30. The van der Waals surface area contributed by atoms with Crippen molar-refractivity contribution in [1.82, 2.24) is 0 Å². The molecule has 2 fully saturated rings. The van der Waals surface area contributed by atoms with E-state index in [-0.39, 0.29) is 19.8 Å². The third-order valence-corrected chi connectivity index (χ3v) is 5.97. The van der Waals surface area contributed by atoms with Crippen LogP contribution < -0.4 is 0 Å². The van der Waals surface area contributed by atoms with Gasteiger partial charge in [-0.15, -0.1) is 0 Å². The van der Waals surface area contributed by atoms with Gasteiger partial charge in [-0.2, -0.15) is 0 Å². The van der Waals surface area contributed by atoms with Gasteiger partial charge in [-0.05, 0) is 41.5 Å². The van der Waals surface area contributed by atoms with E-state index in [1.165, 1.54) is 0 Å². The van der Waals surface area contributed by atoms with Crippen LogP contribution in [0.3, 0.4) is 0 Å². The Morgan fingerprint density at radius 1 is 1.08 bits per heavy atom. The molecule has 0 spiro atoms. The zero-order valence-corrected chi connectivity index (χ0v) is 16.1. The van der Waals surface area contributed by atoms with Crippen molar-refractivity contribution in [1.29, 1.82) is 0 Å². The van der Waals surface area contributed by atoms with E-state index >= 15 is 0 Å². The van der Waals surface area contributed by atoms with Crippen molar-refractivity contribution in [2.45, 2.75) is 77.3 Å². The Hall–Kier alpha value is -0.0500. The Kier molecular flexibility index (Phi) is 6.15. The van der Waals surface area contributed by atoms with Crippen molar-refractivity contribution in [3.8, 4) is 0 Å². The third kappa shape index (κ3) is 4.37. The van der Waals surface area contributed by atoms with E-state index in [2.05, 4.69) is 0 Å². The maximum absolute atomic E-state index is 12.9. The van der Waals surface area contributed by atoms with E-state index in [9.17, 15) is 9.67 Å². The van der Waals surface area contributed by atoms with Gasteiger partial charge in [-0.3, -0.25) is 4.57 Å². The molecule has 0 aliphatic carbocycles. The van der Waals surface area contributed by atoms with E-state index in [1.54, 1.807) is 41.5 Å². The highest BCUT2D eigenvalue weighted by atomic mass is 31.2. The first-order chi connectivity index (χ1) is 11.0. The van der Waals surface area contributed by atoms with E-state index in [0.717, 1.165) is 0 Å². The fourth-order valence-electron chi connectivity index (χ4n) is 2.94. The van der Waals surface area contributed by atoms with Gasteiger partial charge in [-0.25, -0.2) is 0 Å². The third-order valence-electron chi connectivity index (χ3n) is 3.80. The smallest absolute Gasteiger partial charge is 0.361 e. The Balaban J connectivity index is 2.22. The molecule has 0 radical (unpaired) electrons. The Labute approximate surface area is 143 Å². The lowest BCUT2D eigenvalue weighted by molar-refractivity contribution is -0.175. The molecule has 2 saturated heterocycles. The summed E-state index contributed by atoms with van der Waals surface area (Å²) in [5.41, 5.74) is 0. The Bertz CT molecular complexity index is 470. The van der Waals surface area contributed by atoms with Crippen LogP contribution >= 0.6 is 7.60 Å². The lowest BCUT2D eigenvalue weighted by Crippen LogP contribution is -2.44. The van der Waals surface area contributed by atoms with Crippen molar-refractivity contribution in [3.05, 3.63) is 0 Å². The molecule has 0 aromatic heterocycles. The molecule has 0 aromatic carbocycles. The molecule has 0 unspecified atom stereocenters. The van der Waals surface area contributed by atoms with Gasteiger partial charge in [0.1, 0.15) is 18.3 Å². The summed E-state index contributed by atoms with van der Waals surface area (Å²) < 4.78 is 46.5. The first-order valence-corrected chi connectivity index (χ1v) is 9.89. The molecule has 0 amide bonds. The molecule has 24 heavy (non-hydrogen) atoms. The summed E-state index contributed by atoms with van der Waals surface area (Å²) in [6, 6.07) is 0. The largest absolute Gasteiger partial charge is 0.378 e. The van der Waals surface area contributed by atoms with Crippen LogP contribution in [0.15, 0.2) is 0 Å². The second kappa shape index (κ2) is 7.29. The van der Waals surface area contributed by atoms with Crippen molar-refractivity contribution >= 4 is 7.60 Å². The number of aliphatic hydroxyl groups excluding tert-OH is 1. The average molecular weight is 368 g/mol. The highest BCUT2D eigenvalue weighted by molar-refractivity contribution is 7.54. The van der Waals surface area contributed by atoms with E-state index in [1.807, 2.05) is 0 Å². The molecule has 2 heterocycles. The minimum atomic E-state index is -3.77. The summed E-state index contributed by atoms with van der Waals surface area (Å²) in [6.07, 6.45) is -2.05. The van der Waals surface area contributed by atoms with Crippen LogP contribution in [0.1, 0.15) is 41.5 Å². The molecule has 2 rings (SSSR count). The Morgan fingerprint density at radius 2 is 1.67 bits per heavy atom. The van der Waals surface area contributed by atoms with E-state index in [4.69, 9.17) is 28.0 Å². The average Bonchev–Trinajstić information content (AvgIpc) is 2.97. The second-order valence-corrected chi connectivity index (χ2v) is 8.85. The van der Waals surface area contributed by atoms with Gasteiger partial charge in [0.15, 0.2) is 17.4 Å². The molecule has 0 bridgehead atoms. The number of hydrogen-bond acceptors (Lipinski definition) is 8. The molecule has 142 valence electrons. The molecule has 8 nitrogen and oxygen atoms in total. The van der Waals surface area contributed by atoms with Gasteiger partial charge in [-0.1, -0.05) is 0 Å². The highest BCUT2D eigenvalue weighted by Crippen LogP contribution is 2.56. The van der Waals surface area contributed by atoms with Gasteiger partial charge in [0.05, 0.1) is 19.8 Å². The molecular weight excluding hydrogens is 339 g/mol. The van der Waals surface area contributed by atoms with Crippen LogP contribution in [0.2, 0.25) is 0 Å². The predicted molar refractivity (Wildman–Crippen MR) is 85.6 cm³/mol. The maximum atomic E-state index is 12.9. The zero-order valence-electron chi connectivity index (χ0n) is 15.2. The van der Waals surface area contributed by atoms with E-state index in [0.29, 0.717) is 0 Å². The number of rotatable bonds is 7. The first kappa shape index (κ1) is 20.3. The van der Waals surface area contributed by atoms with Crippen molar-refractivity contribution in [2.75, 3.05) is 19.8 Å². The van der Waals surface area contributed by atoms with Crippen LogP contribution in [0.5, 0.6) is 0 Å². The standard InChI is InChI=1S/C15H29O8P/c1-7-19-24(17,20-8-2)13(16)12-11(22-15(5,6)23-12)10-9-18-14(3,4)21-10/h10-13,16H,7-9H2,1-6H3/t10-,11-,12+,13-/m1/s1. The second-order valence-electron chi connectivity index (χ2n) is 6.72. The summed E-state index contributed by atoms with van der Waals surface area (Å²) in [5.74, 6) is -3.20. The minimum Gasteiger partial charge on any atom is -0.378 e. The molecule has 2 aliphatic rings. The van der Waals surface area contributed by atoms with Crippen molar-refractivity contribution < 1.29 is 37.7 Å². The van der Waals surface area contributed by atoms with Crippen LogP contribution in [0.25, 0.3) is 0 Å². The lowest BCUT2D eigenvalue weighted by atomic mass is 10.1. The molecule has 0 saturated carbocycles. The molecule has 4 atom stereocenters. The van der Waals surface area contributed by atoms with E-state index < -0.39 is 43.3 Å².